The van der Waals surface area contributed by atoms with Gasteiger partial charge in [0.25, 0.3) is 0 Å². The summed E-state index contributed by atoms with van der Waals surface area (Å²) >= 11 is 0. The summed E-state index contributed by atoms with van der Waals surface area (Å²) in [5.41, 5.74) is 8.73. The predicted octanol–water partition coefficient (Wildman–Crippen LogP) is 8.37. The van der Waals surface area contributed by atoms with Crippen molar-refractivity contribution >= 4 is 12.0 Å². The van der Waals surface area contributed by atoms with Crippen LogP contribution in [0, 0.1) is 24.7 Å². The Hall–Kier alpha value is -3.33. The van der Waals surface area contributed by atoms with Gasteiger partial charge in [0.15, 0.2) is 0 Å². The highest BCUT2D eigenvalue weighted by Gasteiger charge is 2.52. The highest BCUT2D eigenvalue weighted by atomic mass is 16.5. The minimum Gasteiger partial charge on any atom is -0.489 e. The number of rotatable bonds is 8. The average molecular weight is 507 g/mol. The molecule has 0 heterocycles. The summed E-state index contributed by atoms with van der Waals surface area (Å²) in [6.07, 6.45) is 12.0. The van der Waals surface area contributed by atoms with Crippen molar-refractivity contribution < 1.29 is 14.6 Å². The molecule has 196 valence electrons. The molecule has 0 unspecified atom stereocenters. The molecule has 4 saturated carbocycles. The van der Waals surface area contributed by atoms with Crippen LogP contribution in [0.2, 0.25) is 0 Å². The first kappa shape index (κ1) is 25.0. The second kappa shape index (κ2) is 10.1. The topological polar surface area (TPSA) is 46.5 Å². The van der Waals surface area contributed by atoms with Gasteiger partial charge in [-0.15, -0.1) is 0 Å². The SMILES string of the molecule is CCc1c(C=CC(=O)O)ccc(-c2ccc(OCc3ccccc3)c(C34CC5CC(CC(C5)C3)C4)c2)c1C. The van der Waals surface area contributed by atoms with Crippen LogP contribution in [0.5, 0.6) is 5.75 Å². The first-order chi connectivity index (χ1) is 18.4. The number of carboxylic acids is 1. The Labute approximate surface area is 226 Å². The van der Waals surface area contributed by atoms with Crippen LogP contribution in [0.15, 0.2) is 66.7 Å². The van der Waals surface area contributed by atoms with Gasteiger partial charge in [-0.3, -0.25) is 0 Å². The van der Waals surface area contributed by atoms with E-state index in [2.05, 4.69) is 74.5 Å². The van der Waals surface area contributed by atoms with E-state index in [1.54, 1.807) is 6.08 Å². The van der Waals surface area contributed by atoms with Gasteiger partial charge in [-0.2, -0.15) is 0 Å². The van der Waals surface area contributed by atoms with Crippen molar-refractivity contribution in [2.24, 2.45) is 17.8 Å². The van der Waals surface area contributed by atoms with Crippen LogP contribution >= 0.6 is 0 Å². The summed E-state index contributed by atoms with van der Waals surface area (Å²) in [5.74, 6) is 2.72. The number of hydrogen-bond acceptors (Lipinski definition) is 2. The minimum absolute atomic E-state index is 0.225. The van der Waals surface area contributed by atoms with Crippen LogP contribution in [-0.4, -0.2) is 11.1 Å². The van der Waals surface area contributed by atoms with Gasteiger partial charge in [-0.1, -0.05) is 55.5 Å². The Morgan fingerprint density at radius 3 is 2.29 bits per heavy atom. The number of carboxylic acid groups (broad SMARTS) is 1. The van der Waals surface area contributed by atoms with E-state index in [0.717, 1.165) is 35.5 Å². The molecule has 3 aromatic carbocycles. The fourth-order valence-electron chi connectivity index (χ4n) is 8.29. The molecule has 7 rings (SSSR count). The average Bonchev–Trinajstić information content (AvgIpc) is 2.90. The molecule has 0 aromatic heterocycles. The van der Waals surface area contributed by atoms with Crippen LogP contribution in [0.3, 0.4) is 0 Å². The second-order valence-corrected chi connectivity index (χ2v) is 12.0. The van der Waals surface area contributed by atoms with Crippen molar-refractivity contribution in [3.05, 3.63) is 94.6 Å². The Bertz CT molecular complexity index is 1330. The molecule has 3 nitrogen and oxygen atoms in total. The van der Waals surface area contributed by atoms with Crippen LogP contribution in [0.1, 0.15) is 73.3 Å². The van der Waals surface area contributed by atoms with Crippen LogP contribution in [-0.2, 0) is 23.2 Å². The predicted molar refractivity (Wildman–Crippen MR) is 153 cm³/mol. The van der Waals surface area contributed by atoms with E-state index >= 15 is 0 Å². The molecule has 0 amide bonds. The van der Waals surface area contributed by atoms with Crippen molar-refractivity contribution in [3.63, 3.8) is 0 Å². The molecule has 3 heteroatoms. The molecule has 0 atom stereocenters. The van der Waals surface area contributed by atoms with Gasteiger partial charge < -0.3 is 9.84 Å². The van der Waals surface area contributed by atoms with Crippen molar-refractivity contribution in [1.82, 2.24) is 0 Å². The molecule has 4 bridgehead atoms. The molecule has 38 heavy (non-hydrogen) atoms. The highest BCUT2D eigenvalue weighted by Crippen LogP contribution is 2.62. The second-order valence-electron chi connectivity index (χ2n) is 12.0. The van der Waals surface area contributed by atoms with Gasteiger partial charge in [0.2, 0.25) is 0 Å². The maximum Gasteiger partial charge on any atom is 0.328 e. The molecule has 4 fully saturated rings. The van der Waals surface area contributed by atoms with E-state index in [1.165, 1.54) is 78.0 Å². The normalized spacial score (nSPS) is 25.7. The van der Waals surface area contributed by atoms with Gasteiger partial charge in [-0.25, -0.2) is 4.79 Å². The van der Waals surface area contributed by atoms with Crippen molar-refractivity contribution in [1.29, 1.82) is 0 Å². The zero-order valence-corrected chi connectivity index (χ0v) is 22.6. The number of ether oxygens (including phenoxy) is 1. The molecule has 0 radical (unpaired) electrons. The summed E-state index contributed by atoms with van der Waals surface area (Å²) in [7, 11) is 0. The van der Waals surface area contributed by atoms with Gasteiger partial charge in [0.1, 0.15) is 12.4 Å². The number of hydrogen-bond donors (Lipinski definition) is 1. The van der Waals surface area contributed by atoms with Crippen LogP contribution in [0.4, 0.5) is 0 Å². The van der Waals surface area contributed by atoms with E-state index < -0.39 is 5.97 Å². The Morgan fingerprint density at radius 2 is 1.66 bits per heavy atom. The van der Waals surface area contributed by atoms with Crippen molar-refractivity contribution in [2.75, 3.05) is 0 Å². The van der Waals surface area contributed by atoms with Gasteiger partial charge in [0, 0.05) is 11.6 Å². The molecule has 3 aromatic rings. The molecule has 0 aliphatic heterocycles. The molecule has 0 saturated heterocycles. The molecule has 0 spiro atoms. The summed E-state index contributed by atoms with van der Waals surface area (Å²) < 4.78 is 6.59. The lowest BCUT2D eigenvalue weighted by molar-refractivity contribution is -0.131. The fourth-order valence-corrected chi connectivity index (χ4v) is 8.29. The largest absolute Gasteiger partial charge is 0.489 e. The lowest BCUT2D eigenvalue weighted by atomic mass is 9.48. The van der Waals surface area contributed by atoms with Crippen molar-refractivity contribution in [3.8, 4) is 16.9 Å². The van der Waals surface area contributed by atoms with E-state index in [4.69, 9.17) is 9.84 Å². The van der Waals surface area contributed by atoms with E-state index in [0.29, 0.717) is 6.61 Å². The Kier molecular flexibility index (Phi) is 6.63. The van der Waals surface area contributed by atoms with Crippen molar-refractivity contribution in [2.45, 2.75) is 70.8 Å². The molecule has 4 aliphatic carbocycles. The quantitative estimate of drug-likeness (QED) is 0.312. The first-order valence-electron chi connectivity index (χ1n) is 14.3. The Morgan fingerprint density at radius 1 is 0.974 bits per heavy atom. The summed E-state index contributed by atoms with van der Waals surface area (Å²) in [6, 6.07) is 21.6. The molecular formula is C35H38O3. The maximum atomic E-state index is 11.1. The summed E-state index contributed by atoms with van der Waals surface area (Å²) in [4.78, 5) is 11.1. The number of carbonyl (C=O) groups is 1. The number of aliphatic carboxylic acids is 1. The lowest BCUT2D eigenvalue weighted by Gasteiger charge is -2.57. The number of benzene rings is 3. The van der Waals surface area contributed by atoms with Gasteiger partial charge >= 0.3 is 5.97 Å². The third-order valence-corrected chi connectivity index (χ3v) is 9.53. The standard InChI is InChI=1S/C35H38O3/c1-3-30-23(2)31(12-9-28(30)11-14-34(36)37)29-10-13-33(38-22-24-7-5-4-6-8-24)32(18-29)35-19-25-15-26(20-35)17-27(16-25)21-35/h4-14,18,25-27H,3,15-17,19-22H2,1-2H3,(H,36,37). The zero-order chi connectivity index (χ0) is 26.3. The monoisotopic (exact) mass is 506 g/mol. The smallest absolute Gasteiger partial charge is 0.328 e. The Balaban J connectivity index is 1.41. The summed E-state index contributed by atoms with van der Waals surface area (Å²) in [5, 5.41) is 9.13. The zero-order valence-electron chi connectivity index (χ0n) is 22.6. The highest BCUT2D eigenvalue weighted by molar-refractivity contribution is 5.86. The third kappa shape index (κ3) is 4.68. The van der Waals surface area contributed by atoms with E-state index in [1.807, 2.05) is 0 Å². The van der Waals surface area contributed by atoms with Gasteiger partial charge in [0.05, 0.1) is 0 Å². The summed E-state index contributed by atoms with van der Waals surface area (Å²) in [6.45, 7) is 4.91. The minimum atomic E-state index is -0.917. The first-order valence-corrected chi connectivity index (χ1v) is 14.3. The fraction of sp³-hybridized carbons (Fsp3) is 0.400. The lowest BCUT2D eigenvalue weighted by Crippen LogP contribution is -2.48. The van der Waals surface area contributed by atoms with Gasteiger partial charge in [-0.05, 0) is 127 Å². The van der Waals surface area contributed by atoms with Crippen LogP contribution in [0.25, 0.3) is 17.2 Å². The maximum absolute atomic E-state index is 11.1. The van der Waals surface area contributed by atoms with E-state index in [9.17, 15) is 4.79 Å². The molecule has 4 aliphatic rings. The molecule has 1 N–H and O–H groups in total. The third-order valence-electron chi connectivity index (χ3n) is 9.53. The van der Waals surface area contributed by atoms with E-state index in [-0.39, 0.29) is 5.41 Å². The van der Waals surface area contributed by atoms with Crippen LogP contribution < -0.4 is 4.74 Å². The molecular weight excluding hydrogens is 468 g/mol.